The van der Waals surface area contributed by atoms with E-state index in [2.05, 4.69) is 0 Å². The summed E-state index contributed by atoms with van der Waals surface area (Å²) in [6.07, 6.45) is 0.595. The lowest BCUT2D eigenvalue weighted by Gasteiger charge is -2.26. The van der Waals surface area contributed by atoms with Crippen LogP contribution in [0.5, 0.6) is 5.75 Å². The van der Waals surface area contributed by atoms with Gasteiger partial charge in [-0.25, -0.2) is 0 Å². The molecule has 0 bridgehead atoms. The molecule has 1 saturated heterocycles. The van der Waals surface area contributed by atoms with Gasteiger partial charge in [0.1, 0.15) is 19.0 Å². The first-order chi connectivity index (χ1) is 9.65. The van der Waals surface area contributed by atoms with Crippen LogP contribution in [0.3, 0.4) is 0 Å². The van der Waals surface area contributed by atoms with Gasteiger partial charge in [0.2, 0.25) is 5.91 Å². The van der Waals surface area contributed by atoms with E-state index < -0.39 is 0 Å². The third kappa shape index (κ3) is 4.47. The van der Waals surface area contributed by atoms with E-state index in [1.807, 2.05) is 24.3 Å². The van der Waals surface area contributed by atoms with E-state index in [-0.39, 0.29) is 12.5 Å². The van der Waals surface area contributed by atoms with Crippen molar-refractivity contribution in [2.75, 3.05) is 32.9 Å². The van der Waals surface area contributed by atoms with E-state index >= 15 is 0 Å². The van der Waals surface area contributed by atoms with E-state index in [0.717, 1.165) is 11.3 Å². The van der Waals surface area contributed by atoms with Gasteiger partial charge in [-0.2, -0.15) is 0 Å². The molecule has 108 valence electrons. The molecule has 5 nitrogen and oxygen atoms in total. The average Bonchev–Trinajstić information content (AvgIpc) is 2.42. The summed E-state index contributed by atoms with van der Waals surface area (Å²) in [7, 11) is 0. The lowest BCUT2D eigenvalue weighted by Crippen LogP contribution is -2.43. The zero-order valence-electron chi connectivity index (χ0n) is 11.2. The van der Waals surface area contributed by atoms with Gasteiger partial charge in [-0.3, -0.25) is 4.79 Å². The zero-order valence-corrected chi connectivity index (χ0v) is 12.0. The number of benzene rings is 1. The van der Waals surface area contributed by atoms with Crippen molar-refractivity contribution in [3.63, 3.8) is 0 Å². The predicted molar refractivity (Wildman–Crippen MR) is 79.8 cm³/mol. The first-order valence-corrected chi connectivity index (χ1v) is 6.91. The summed E-state index contributed by atoms with van der Waals surface area (Å²) in [4.78, 5) is 13.7. The Bertz CT molecular complexity index is 476. The molecule has 1 heterocycles. The summed E-state index contributed by atoms with van der Waals surface area (Å²) >= 11 is 4.86. The SMILES string of the molecule is NC(=S)Cc1ccc(OCCN2CCOCC2=O)cc1. The lowest BCUT2D eigenvalue weighted by molar-refractivity contribution is -0.143. The Morgan fingerprint density at radius 1 is 1.40 bits per heavy atom. The van der Waals surface area contributed by atoms with Gasteiger partial charge in [-0.05, 0) is 17.7 Å². The van der Waals surface area contributed by atoms with E-state index in [9.17, 15) is 4.79 Å². The Balaban J connectivity index is 1.76. The van der Waals surface area contributed by atoms with Crippen LogP contribution in [0.15, 0.2) is 24.3 Å². The number of nitrogens with zero attached hydrogens (tertiary/aromatic N) is 1. The van der Waals surface area contributed by atoms with Crippen molar-refractivity contribution in [1.29, 1.82) is 0 Å². The van der Waals surface area contributed by atoms with Gasteiger partial charge < -0.3 is 20.1 Å². The van der Waals surface area contributed by atoms with Crippen LogP contribution in [0.1, 0.15) is 5.56 Å². The summed E-state index contributed by atoms with van der Waals surface area (Å²) in [6, 6.07) is 7.65. The molecule has 0 saturated carbocycles. The number of rotatable bonds is 6. The average molecular weight is 294 g/mol. The van der Waals surface area contributed by atoms with E-state index in [1.54, 1.807) is 4.90 Å². The maximum atomic E-state index is 11.5. The quantitative estimate of drug-likeness (QED) is 0.785. The van der Waals surface area contributed by atoms with Crippen molar-refractivity contribution in [2.24, 2.45) is 5.73 Å². The molecule has 1 aromatic carbocycles. The second kappa shape index (κ2) is 7.21. The van der Waals surface area contributed by atoms with Gasteiger partial charge in [0.15, 0.2) is 0 Å². The van der Waals surface area contributed by atoms with Crippen molar-refractivity contribution in [3.05, 3.63) is 29.8 Å². The van der Waals surface area contributed by atoms with Crippen LogP contribution in [0, 0.1) is 0 Å². The van der Waals surface area contributed by atoms with Crippen LogP contribution in [0.4, 0.5) is 0 Å². The number of ether oxygens (including phenoxy) is 2. The van der Waals surface area contributed by atoms with Crippen LogP contribution >= 0.6 is 12.2 Å². The van der Waals surface area contributed by atoms with Crippen molar-refractivity contribution in [2.45, 2.75) is 6.42 Å². The van der Waals surface area contributed by atoms with Crippen molar-refractivity contribution in [1.82, 2.24) is 4.90 Å². The van der Waals surface area contributed by atoms with Gasteiger partial charge in [0.25, 0.3) is 0 Å². The molecule has 1 fully saturated rings. The summed E-state index contributed by atoms with van der Waals surface area (Å²) < 4.78 is 10.7. The molecule has 1 aliphatic heterocycles. The Hall–Kier alpha value is -1.66. The molecule has 1 amide bonds. The molecule has 0 aromatic heterocycles. The molecule has 2 rings (SSSR count). The number of thiocarbonyl (C=S) groups is 1. The molecule has 1 aliphatic rings. The molecular formula is C14H18N2O3S. The van der Waals surface area contributed by atoms with Crippen molar-refractivity contribution < 1.29 is 14.3 Å². The minimum absolute atomic E-state index is 0.0201. The van der Waals surface area contributed by atoms with Crippen LogP contribution in [-0.4, -0.2) is 48.7 Å². The highest BCUT2D eigenvalue weighted by Crippen LogP contribution is 2.12. The minimum Gasteiger partial charge on any atom is -0.492 e. The Kier molecular flexibility index (Phi) is 5.31. The predicted octanol–water partition coefficient (Wildman–Crippen LogP) is 0.753. The standard InChI is InChI=1S/C14H18N2O3S/c15-13(20)9-11-1-3-12(4-2-11)19-8-6-16-5-7-18-10-14(16)17/h1-4H,5-10H2,(H2,15,20). The fourth-order valence-corrected chi connectivity index (χ4v) is 2.13. The topological polar surface area (TPSA) is 64.8 Å². The molecule has 20 heavy (non-hydrogen) atoms. The molecule has 6 heteroatoms. The highest BCUT2D eigenvalue weighted by Gasteiger charge is 2.17. The van der Waals surface area contributed by atoms with Gasteiger partial charge in [0.05, 0.1) is 18.1 Å². The molecule has 0 atom stereocenters. The molecule has 0 radical (unpaired) electrons. The van der Waals surface area contributed by atoms with Gasteiger partial charge in [0, 0.05) is 13.0 Å². The molecule has 1 aromatic rings. The second-order valence-corrected chi connectivity index (χ2v) is 5.09. The molecule has 2 N–H and O–H groups in total. The third-order valence-electron chi connectivity index (χ3n) is 3.02. The molecule has 0 aliphatic carbocycles. The molecular weight excluding hydrogens is 276 g/mol. The number of amides is 1. The summed E-state index contributed by atoms with van der Waals surface area (Å²) in [5.41, 5.74) is 6.55. The maximum Gasteiger partial charge on any atom is 0.248 e. The van der Waals surface area contributed by atoms with E-state index in [1.165, 1.54) is 0 Å². The van der Waals surface area contributed by atoms with Crippen LogP contribution in [0.25, 0.3) is 0 Å². The highest BCUT2D eigenvalue weighted by molar-refractivity contribution is 7.80. The van der Waals surface area contributed by atoms with E-state index in [0.29, 0.717) is 37.7 Å². The second-order valence-electron chi connectivity index (χ2n) is 4.57. The molecule has 0 spiro atoms. The number of hydrogen-bond donors (Lipinski definition) is 1. The zero-order chi connectivity index (χ0) is 14.4. The van der Waals surface area contributed by atoms with Crippen LogP contribution < -0.4 is 10.5 Å². The first kappa shape index (κ1) is 14.7. The van der Waals surface area contributed by atoms with Gasteiger partial charge in [-0.15, -0.1) is 0 Å². The third-order valence-corrected chi connectivity index (χ3v) is 3.16. The number of carbonyl (C=O) groups is 1. The number of hydrogen-bond acceptors (Lipinski definition) is 4. The summed E-state index contributed by atoms with van der Waals surface area (Å²) in [5, 5.41) is 0. The first-order valence-electron chi connectivity index (χ1n) is 6.51. The van der Waals surface area contributed by atoms with Crippen molar-refractivity contribution >= 4 is 23.1 Å². The van der Waals surface area contributed by atoms with Crippen LogP contribution in [0.2, 0.25) is 0 Å². The minimum atomic E-state index is 0.0201. The summed E-state index contributed by atoms with van der Waals surface area (Å²) in [5.74, 6) is 0.795. The smallest absolute Gasteiger partial charge is 0.248 e. The largest absolute Gasteiger partial charge is 0.492 e. The van der Waals surface area contributed by atoms with Crippen molar-refractivity contribution in [3.8, 4) is 5.75 Å². The van der Waals surface area contributed by atoms with Crippen LogP contribution in [-0.2, 0) is 16.0 Å². The summed E-state index contributed by atoms with van der Waals surface area (Å²) in [6.45, 7) is 2.46. The van der Waals surface area contributed by atoms with Gasteiger partial charge >= 0.3 is 0 Å². The Morgan fingerprint density at radius 2 is 2.15 bits per heavy atom. The maximum absolute atomic E-state index is 11.5. The fraction of sp³-hybridized carbons (Fsp3) is 0.429. The number of carbonyl (C=O) groups excluding carboxylic acids is 1. The Labute approximate surface area is 123 Å². The molecule has 0 unspecified atom stereocenters. The number of morpholine rings is 1. The fourth-order valence-electron chi connectivity index (χ4n) is 1.97. The normalized spacial score (nSPS) is 15.2. The number of nitrogens with two attached hydrogens (primary N) is 1. The lowest BCUT2D eigenvalue weighted by atomic mass is 10.1. The van der Waals surface area contributed by atoms with Gasteiger partial charge in [-0.1, -0.05) is 24.4 Å². The monoisotopic (exact) mass is 294 g/mol. The Morgan fingerprint density at radius 3 is 2.80 bits per heavy atom. The highest BCUT2D eigenvalue weighted by atomic mass is 32.1. The van der Waals surface area contributed by atoms with E-state index in [4.69, 9.17) is 27.4 Å².